The number of halogens is 3. The highest BCUT2D eigenvalue weighted by Gasteiger charge is 2.31. The maximum absolute atomic E-state index is 12.6. The summed E-state index contributed by atoms with van der Waals surface area (Å²) in [5, 5.41) is 6.53. The molecule has 3 rings (SSSR count). The number of aromatic nitrogens is 2. The van der Waals surface area contributed by atoms with Crippen molar-refractivity contribution in [1.29, 1.82) is 0 Å². The number of amides is 1. The first-order valence-electron chi connectivity index (χ1n) is 7.48. The maximum Gasteiger partial charge on any atom is 0.416 e. The molecule has 0 saturated carbocycles. The number of hydrogen-bond acceptors (Lipinski definition) is 3. The molecule has 1 aliphatic rings. The highest BCUT2D eigenvalue weighted by molar-refractivity contribution is 5.78. The number of nitrogens with one attached hydrogen (secondary N) is 1. The van der Waals surface area contributed by atoms with E-state index in [1.807, 2.05) is 0 Å². The van der Waals surface area contributed by atoms with Gasteiger partial charge in [-0.25, -0.2) is 0 Å². The summed E-state index contributed by atoms with van der Waals surface area (Å²) in [5.41, 5.74) is 0.647. The van der Waals surface area contributed by atoms with Gasteiger partial charge in [0.25, 0.3) is 0 Å². The average molecular weight is 339 g/mol. The van der Waals surface area contributed by atoms with E-state index in [9.17, 15) is 18.0 Å². The molecule has 2 heterocycles. The smallest absolute Gasteiger partial charge is 0.370 e. The molecule has 1 atom stereocenters. The van der Waals surface area contributed by atoms with Crippen LogP contribution in [0.3, 0.4) is 0 Å². The minimum atomic E-state index is -4.36. The van der Waals surface area contributed by atoms with E-state index in [-0.39, 0.29) is 12.3 Å². The molecule has 8 heteroatoms. The van der Waals surface area contributed by atoms with Crippen LogP contribution in [0.25, 0.3) is 0 Å². The number of benzene rings is 1. The summed E-state index contributed by atoms with van der Waals surface area (Å²) in [6, 6.07) is 6.59. The molecule has 2 aromatic rings. The van der Waals surface area contributed by atoms with Crippen molar-refractivity contribution < 1.29 is 22.7 Å². The number of hydrogen-bond donors (Lipinski definition) is 1. The van der Waals surface area contributed by atoms with Gasteiger partial charge in [0.2, 0.25) is 5.91 Å². The lowest BCUT2D eigenvalue weighted by Gasteiger charge is -2.33. The van der Waals surface area contributed by atoms with Gasteiger partial charge in [-0.2, -0.15) is 18.3 Å². The van der Waals surface area contributed by atoms with E-state index in [1.54, 1.807) is 17.2 Å². The zero-order chi connectivity index (χ0) is 17.2. The molecular weight excluding hydrogens is 323 g/mol. The van der Waals surface area contributed by atoms with Gasteiger partial charge >= 0.3 is 6.18 Å². The van der Waals surface area contributed by atoms with Gasteiger partial charge in [-0.05, 0) is 23.8 Å². The SMILES string of the molecule is O=C(Cc1ccn[nH]1)N1CCOC(c2ccc(C(F)(F)F)cc2)C1. The van der Waals surface area contributed by atoms with Gasteiger partial charge in [0.1, 0.15) is 6.10 Å². The van der Waals surface area contributed by atoms with Crippen LogP contribution in [0.4, 0.5) is 13.2 Å². The summed E-state index contributed by atoms with van der Waals surface area (Å²) < 4.78 is 43.5. The summed E-state index contributed by atoms with van der Waals surface area (Å²) in [5.74, 6) is -0.0699. The van der Waals surface area contributed by atoms with Gasteiger partial charge in [-0.3, -0.25) is 9.89 Å². The third-order valence-electron chi connectivity index (χ3n) is 3.93. The molecule has 1 aromatic heterocycles. The lowest BCUT2D eigenvalue weighted by molar-refractivity contribution is -0.138. The Morgan fingerprint density at radius 2 is 2.04 bits per heavy atom. The Balaban J connectivity index is 1.65. The number of alkyl halides is 3. The second-order valence-electron chi connectivity index (χ2n) is 5.58. The molecule has 5 nitrogen and oxygen atoms in total. The van der Waals surface area contributed by atoms with E-state index in [0.717, 1.165) is 17.8 Å². The molecule has 1 fully saturated rings. The van der Waals surface area contributed by atoms with Crippen molar-refractivity contribution in [3.63, 3.8) is 0 Å². The summed E-state index contributed by atoms with van der Waals surface area (Å²) in [6.45, 7) is 1.13. The fraction of sp³-hybridized carbons (Fsp3) is 0.375. The fourth-order valence-electron chi connectivity index (χ4n) is 2.62. The van der Waals surface area contributed by atoms with Crippen molar-refractivity contribution in [3.8, 4) is 0 Å². The number of carbonyl (C=O) groups excluding carboxylic acids is 1. The van der Waals surface area contributed by atoms with Gasteiger partial charge < -0.3 is 9.64 Å². The molecular formula is C16H16F3N3O2. The second-order valence-corrected chi connectivity index (χ2v) is 5.58. The second kappa shape index (κ2) is 6.64. The Bertz CT molecular complexity index is 684. The zero-order valence-electron chi connectivity index (χ0n) is 12.7. The maximum atomic E-state index is 12.6. The standard InChI is InChI=1S/C16H16F3N3O2/c17-16(18,19)12-3-1-11(2-4-12)14-10-22(7-8-24-14)15(23)9-13-5-6-20-21-13/h1-6,14H,7-10H2,(H,20,21). The quantitative estimate of drug-likeness (QED) is 0.935. The molecule has 1 aromatic carbocycles. The van der Waals surface area contributed by atoms with Crippen LogP contribution < -0.4 is 0 Å². The number of morpholine rings is 1. The molecule has 24 heavy (non-hydrogen) atoms. The van der Waals surface area contributed by atoms with Crippen molar-refractivity contribution in [2.75, 3.05) is 19.7 Å². The number of carbonyl (C=O) groups is 1. The predicted molar refractivity (Wildman–Crippen MR) is 79.0 cm³/mol. The molecule has 1 unspecified atom stereocenters. The molecule has 1 N–H and O–H groups in total. The minimum absolute atomic E-state index is 0.0699. The molecule has 1 amide bonds. The van der Waals surface area contributed by atoms with Gasteiger partial charge in [-0.15, -0.1) is 0 Å². The Morgan fingerprint density at radius 3 is 2.67 bits per heavy atom. The topological polar surface area (TPSA) is 58.2 Å². The zero-order valence-corrected chi connectivity index (χ0v) is 12.7. The summed E-state index contributed by atoms with van der Waals surface area (Å²) in [6.07, 6.45) is -3.00. The number of aromatic amines is 1. The normalized spacial score (nSPS) is 18.6. The average Bonchev–Trinajstić information content (AvgIpc) is 3.07. The lowest BCUT2D eigenvalue weighted by atomic mass is 10.0. The van der Waals surface area contributed by atoms with Crippen LogP contribution in [-0.2, 0) is 22.1 Å². The first kappa shape index (κ1) is 16.5. The van der Waals surface area contributed by atoms with E-state index in [4.69, 9.17) is 4.74 Å². The van der Waals surface area contributed by atoms with Crippen LogP contribution in [-0.4, -0.2) is 40.7 Å². The predicted octanol–water partition coefficient (Wildman–Crippen LogP) is 2.57. The van der Waals surface area contributed by atoms with E-state index < -0.39 is 17.8 Å². The van der Waals surface area contributed by atoms with Crippen molar-refractivity contribution >= 4 is 5.91 Å². The first-order chi connectivity index (χ1) is 11.4. The van der Waals surface area contributed by atoms with Crippen molar-refractivity contribution in [2.45, 2.75) is 18.7 Å². The van der Waals surface area contributed by atoms with Crippen molar-refractivity contribution in [3.05, 3.63) is 53.3 Å². The van der Waals surface area contributed by atoms with Gasteiger partial charge in [-0.1, -0.05) is 12.1 Å². The Labute approximate surface area is 136 Å². The van der Waals surface area contributed by atoms with Crippen molar-refractivity contribution in [1.82, 2.24) is 15.1 Å². The number of rotatable bonds is 3. The molecule has 0 bridgehead atoms. The Hall–Kier alpha value is -2.35. The Morgan fingerprint density at radius 1 is 1.29 bits per heavy atom. The van der Waals surface area contributed by atoms with Gasteiger partial charge in [0.15, 0.2) is 0 Å². The van der Waals surface area contributed by atoms with Gasteiger partial charge in [0.05, 0.1) is 25.1 Å². The Kier molecular flexibility index (Phi) is 4.57. The van der Waals surface area contributed by atoms with E-state index in [1.165, 1.54) is 12.1 Å². The van der Waals surface area contributed by atoms with Crippen LogP contribution in [0.2, 0.25) is 0 Å². The van der Waals surface area contributed by atoms with Crippen LogP contribution in [0.15, 0.2) is 36.5 Å². The summed E-state index contributed by atoms with van der Waals surface area (Å²) in [4.78, 5) is 14.0. The van der Waals surface area contributed by atoms with E-state index in [2.05, 4.69) is 10.2 Å². The first-order valence-corrected chi connectivity index (χ1v) is 7.48. The number of ether oxygens (including phenoxy) is 1. The lowest BCUT2D eigenvalue weighted by Crippen LogP contribution is -2.43. The molecule has 1 saturated heterocycles. The molecule has 0 radical (unpaired) electrons. The highest BCUT2D eigenvalue weighted by Crippen LogP contribution is 2.31. The van der Waals surface area contributed by atoms with Crippen molar-refractivity contribution in [2.24, 2.45) is 0 Å². The number of nitrogens with zero attached hydrogens (tertiary/aromatic N) is 2. The molecule has 0 spiro atoms. The van der Waals surface area contributed by atoms with Crippen LogP contribution in [0.1, 0.15) is 22.9 Å². The molecule has 0 aliphatic carbocycles. The molecule has 1 aliphatic heterocycles. The van der Waals surface area contributed by atoms with Crippen LogP contribution in [0.5, 0.6) is 0 Å². The number of H-pyrrole nitrogens is 1. The van der Waals surface area contributed by atoms with E-state index >= 15 is 0 Å². The molecule has 128 valence electrons. The summed E-state index contributed by atoms with van der Waals surface area (Å²) in [7, 11) is 0. The fourth-order valence-corrected chi connectivity index (χ4v) is 2.62. The largest absolute Gasteiger partial charge is 0.416 e. The minimum Gasteiger partial charge on any atom is -0.370 e. The summed E-state index contributed by atoms with van der Waals surface area (Å²) >= 11 is 0. The monoisotopic (exact) mass is 339 g/mol. The van der Waals surface area contributed by atoms with Gasteiger partial charge in [0, 0.05) is 18.4 Å². The van der Waals surface area contributed by atoms with Crippen LogP contribution in [0, 0.1) is 0 Å². The highest BCUT2D eigenvalue weighted by atomic mass is 19.4. The third kappa shape index (κ3) is 3.76. The third-order valence-corrected chi connectivity index (χ3v) is 3.93. The van der Waals surface area contributed by atoms with Crippen LogP contribution >= 0.6 is 0 Å². The van der Waals surface area contributed by atoms with E-state index in [0.29, 0.717) is 25.3 Å².